The number of ether oxygens (including phenoxy) is 3. The van der Waals surface area contributed by atoms with Crippen molar-refractivity contribution in [3.63, 3.8) is 0 Å². The van der Waals surface area contributed by atoms with Crippen LogP contribution in [0.15, 0.2) is 0 Å². The summed E-state index contributed by atoms with van der Waals surface area (Å²) < 4.78 is 16.8. The van der Waals surface area contributed by atoms with Gasteiger partial charge in [0.15, 0.2) is 6.10 Å². The Kier molecular flexibility index (Phi) is 44.8. The fourth-order valence-corrected chi connectivity index (χ4v) is 7.56. The summed E-state index contributed by atoms with van der Waals surface area (Å²) in [5, 5.41) is 0. The highest BCUT2D eigenvalue weighted by molar-refractivity contribution is 5.71. The molecule has 0 radical (unpaired) electrons. The van der Waals surface area contributed by atoms with Gasteiger partial charge in [0.05, 0.1) is 0 Å². The van der Waals surface area contributed by atoms with Crippen LogP contribution in [-0.4, -0.2) is 37.2 Å². The molecule has 0 aliphatic carbocycles. The van der Waals surface area contributed by atoms with Crippen LogP contribution in [0.4, 0.5) is 0 Å². The van der Waals surface area contributed by atoms with Crippen molar-refractivity contribution in [2.75, 3.05) is 13.2 Å². The number of carbonyl (C=O) groups is 3. The molecule has 56 heavy (non-hydrogen) atoms. The predicted molar refractivity (Wildman–Crippen MR) is 238 cm³/mol. The van der Waals surface area contributed by atoms with Gasteiger partial charge in [0, 0.05) is 19.3 Å². The molecule has 0 saturated heterocycles. The second-order valence-electron chi connectivity index (χ2n) is 17.1. The number of hydrogen-bond donors (Lipinski definition) is 0. The van der Waals surface area contributed by atoms with E-state index in [9.17, 15) is 14.4 Å². The van der Waals surface area contributed by atoms with Crippen molar-refractivity contribution in [2.24, 2.45) is 0 Å². The molecule has 0 aliphatic rings. The van der Waals surface area contributed by atoms with E-state index < -0.39 is 6.10 Å². The topological polar surface area (TPSA) is 78.9 Å². The van der Waals surface area contributed by atoms with Crippen LogP contribution in [0.25, 0.3) is 0 Å². The highest BCUT2D eigenvalue weighted by Crippen LogP contribution is 2.16. The molecule has 0 N–H and O–H groups in total. The molecule has 0 heterocycles. The summed E-state index contributed by atoms with van der Waals surface area (Å²) in [7, 11) is 0. The predicted octanol–water partition coefficient (Wildman–Crippen LogP) is 16.0. The van der Waals surface area contributed by atoms with Crippen LogP contribution in [0.2, 0.25) is 0 Å². The van der Waals surface area contributed by atoms with Gasteiger partial charge in [-0.3, -0.25) is 14.4 Å². The van der Waals surface area contributed by atoms with E-state index in [2.05, 4.69) is 20.8 Å². The van der Waals surface area contributed by atoms with E-state index in [-0.39, 0.29) is 31.1 Å². The third kappa shape index (κ3) is 43.5. The quantitative estimate of drug-likeness (QED) is 0.0347. The van der Waals surface area contributed by atoms with Gasteiger partial charge in [0.1, 0.15) is 13.2 Å². The normalized spacial score (nSPS) is 11.8. The minimum atomic E-state index is -0.758. The SMILES string of the molecule is CCCCCCCCCCCCCCCCCC(=O)OCC(COC(=O)CCCCCCCCCCCC)OC(=O)CCCCCCCCCCCCCCC. The summed E-state index contributed by atoms with van der Waals surface area (Å²) in [5.41, 5.74) is 0. The molecule has 0 fully saturated rings. The molecule has 332 valence electrons. The molecule has 0 amide bonds. The monoisotopic (exact) mass is 793 g/mol. The number of esters is 3. The molecule has 0 aromatic rings. The summed E-state index contributed by atoms with van der Waals surface area (Å²) in [4.78, 5) is 37.8. The molecule has 6 nitrogen and oxygen atoms in total. The van der Waals surface area contributed by atoms with Crippen LogP contribution in [-0.2, 0) is 28.6 Å². The molecule has 0 spiro atoms. The largest absolute Gasteiger partial charge is 0.462 e. The summed E-state index contributed by atoms with van der Waals surface area (Å²) in [5.74, 6) is -0.845. The second kappa shape index (κ2) is 46.1. The molecule has 0 rings (SSSR count). The molecule has 0 saturated carbocycles. The first-order chi connectivity index (χ1) is 27.5. The number of carbonyl (C=O) groups excluding carboxylic acids is 3. The van der Waals surface area contributed by atoms with E-state index in [1.165, 1.54) is 186 Å². The van der Waals surface area contributed by atoms with E-state index in [1.807, 2.05) is 0 Å². The standard InChI is InChI=1S/C50H96O6/c1-4-7-10-13-16-19-22-24-25-27-28-31-34-37-40-43-49(52)55-46-47(45-54-48(51)42-39-36-33-30-21-18-15-12-9-6-3)56-50(53)44-41-38-35-32-29-26-23-20-17-14-11-8-5-2/h47H,4-46H2,1-3H3. The Bertz CT molecular complexity index is 828. The summed E-state index contributed by atoms with van der Waals surface area (Å²) in [6.45, 7) is 6.66. The summed E-state index contributed by atoms with van der Waals surface area (Å²) in [6, 6.07) is 0. The average molecular weight is 793 g/mol. The maximum Gasteiger partial charge on any atom is 0.306 e. The van der Waals surface area contributed by atoms with E-state index in [0.717, 1.165) is 57.8 Å². The molecule has 0 bridgehead atoms. The van der Waals surface area contributed by atoms with E-state index in [1.54, 1.807) is 0 Å². The Labute approximate surface area is 348 Å². The fourth-order valence-electron chi connectivity index (χ4n) is 7.56. The Morgan fingerprint density at radius 2 is 0.482 bits per heavy atom. The molecule has 6 heteroatoms. The third-order valence-electron chi connectivity index (χ3n) is 11.4. The first kappa shape index (κ1) is 54.4. The van der Waals surface area contributed by atoms with Gasteiger partial charge in [-0.05, 0) is 19.3 Å². The average Bonchev–Trinajstić information content (AvgIpc) is 3.19. The van der Waals surface area contributed by atoms with Crippen molar-refractivity contribution in [3.8, 4) is 0 Å². The smallest absolute Gasteiger partial charge is 0.306 e. The Morgan fingerprint density at radius 3 is 0.714 bits per heavy atom. The zero-order valence-electron chi connectivity index (χ0n) is 37.9. The van der Waals surface area contributed by atoms with Gasteiger partial charge in [-0.25, -0.2) is 0 Å². The van der Waals surface area contributed by atoms with Crippen molar-refractivity contribution in [1.29, 1.82) is 0 Å². The zero-order valence-corrected chi connectivity index (χ0v) is 37.9. The zero-order chi connectivity index (χ0) is 40.8. The van der Waals surface area contributed by atoms with Crippen LogP contribution in [0.1, 0.15) is 284 Å². The summed E-state index contributed by atoms with van der Waals surface area (Å²) >= 11 is 0. The molecular formula is C50H96O6. The van der Waals surface area contributed by atoms with Gasteiger partial charge in [0.25, 0.3) is 0 Å². The van der Waals surface area contributed by atoms with Gasteiger partial charge in [0.2, 0.25) is 0 Å². The minimum absolute atomic E-state index is 0.0621. The Morgan fingerprint density at radius 1 is 0.286 bits per heavy atom. The molecule has 0 aliphatic heterocycles. The van der Waals surface area contributed by atoms with Crippen LogP contribution in [0.5, 0.6) is 0 Å². The maximum atomic E-state index is 12.7. The Hall–Kier alpha value is -1.59. The van der Waals surface area contributed by atoms with Gasteiger partial charge >= 0.3 is 17.9 Å². The highest BCUT2D eigenvalue weighted by Gasteiger charge is 2.19. The van der Waals surface area contributed by atoms with E-state index >= 15 is 0 Å². The van der Waals surface area contributed by atoms with E-state index in [4.69, 9.17) is 14.2 Å². The van der Waals surface area contributed by atoms with E-state index in [0.29, 0.717) is 19.3 Å². The number of unbranched alkanes of at least 4 members (excludes halogenated alkanes) is 35. The second-order valence-corrected chi connectivity index (χ2v) is 17.1. The summed E-state index contributed by atoms with van der Waals surface area (Å²) in [6.07, 6.45) is 47.9. The number of rotatable bonds is 46. The van der Waals surface area contributed by atoms with Gasteiger partial charge < -0.3 is 14.2 Å². The first-order valence-electron chi connectivity index (χ1n) is 25.0. The molecule has 0 aromatic heterocycles. The minimum Gasteiger partial charge on any atom is -0.462 e. The lowest BCUT2D eigenvalue weighted by atomic mass is 10.0. The van der Waals surface area contributed by atoms with Crippen LogP contribution in [0.3, 0.4) is 0 Å². The van der Waals surface area contributed by atoms with Crippen molar-refractivity contribution in [2.45, 2.75) is 290 Å². The lowest BCUT2D eigenvalue weighted by Gasteiger charge is -2.18. The fraction of sp³-hybridized carbons (Fsp3) is 0.940. The van der Waals surface area contributed by atoms with Crippen molar-refractivity contribution >= 4 is 17.9 Å². The molecule has 0 aromatic carbocycles. The lowest BCUT2D eigenvalue weighted by molar-refractivity contribution is -0.167. The van der Waals surface area contributed by atoms with Crippen molar-refractivity contribution in [3.05, 3.63) is 0 Å². The van der Waals surface area contributed by atoms with Crippen LogP contribution >= 0.6 is 0 Å². The lowest BCUT2D eigenvalue weighted by Crippen LogP contribution is -2.30. The molecule has 1 unspecified atom stereocenters. The first-order valence-corrected chi connectivity index (χ1v) is 25.0. The van der Waals surface area contributed by atoms with Crippen molar-refractivity contribution < 1.29 is 28.6 Å². The van der Waals surface area contributed by atoms with Gasteiger partial charge in [-0.1, -0.05) is 245 Å². The van der Waals surface area contributed by atoms with Gasteiger partial charge in [-0.2, -0.15) is 0 Å². The van der Waals surface area contributed by atoms with Crippen LogP contribution < -0.4 is 0 Å². The Balaban J connectivity index is 4.28. The van der Waals surface area contributed by atoms with Crippen molar-refractivity contribution in [1.82, 2.24) is 0 Å². The molecular weight excluding hydrogens is 697 g/mol. The third-order valence-corrected chi connectivity index (χ3v) is 11.4. The number of hydrogen-bond acceptors (Lipinski definition) is 6. The maximum absolute atomic E-state index is 12.7. The van der Waals surface area contributed by atoms with Gasteiger partial charge in [-0.15, -0.1) is 0 Å². The molecule has 1 atom stereocenters. The van der Waals surface area contributed by atoms with Crippen LogP contribution in [0, 0.1) is 0 Å². The highest BCUT2D eigenvalue weighted by atomic mass is 16.6.